The number of amides is 1. The van der Waals surface area contributed by atoms with E-state index in [1.807, 2.05) is 24.8 Å². The lowest BCUT2D eigenvalue weighted by atomic mass is 9.95. The van der Waals surface area contributed by atoms with Crippen molar-refractivity contribution in [2.45, 2.75) is 72.3 Å². The van der Waals surface area contributed by atoms with Crippen LogP contribution in [0.3, 0.4) is 0 Å². The molecule has 1 N–H and O–H groups in total. The summed E-state index contributed by atoms with van der Waals surface area (Å²) < 4.78 is 0. The predicted molar refractivity (Wildman–Crippen MR) is 125 cm³/mol. The van der Waals surface area contributed by atoms with E-state index in [1.54, 1.807) is 13.0 Å². The lowest BCUT2D eigenvalue weighted by Gasteiger charge is -2.40. The number of carbonyl (C=O) groups excluding carboxylic acids is 1. The van der Waals surface area contributed by atoms with Gasteiger partial charge in [-0.05, 0) is 42.2 Å². The topological polar surface area (TPSA) is 104 Å². The fourth-order valence-electron chi connectivity index (χ4n) is 4.36. The van der Waals surface area contributed by atoms with Crippen molar-refractivity contribution in [1.82, 2.24) is 4.90 Å². The molecular formula is C24H37N3O5. The second-order valence-electron chi connectivity index (χ2n) is 9.76. The highest BCUT2D eigenvalue weighted by molar-refractivity contribution is 5.76. The van der Waals surface area contributed by atoms with Gasteiger partial charge in [0.25, 0.3) is 5.69 Å². The standard InChI is InChI=1S/C24H37N3O5/c1-16(2)12-23(28)25-10-8-20(9-11-25)26(15-17(3)4)21-7-6-19(14-22(21)27(31)32)18(5)13-24(29)30/h6-7,14,16-18,20H,8-13,15H2,1-5H3,(H,29,30)/t18-/m1/s1. The van der Waals surface area contributed by atoms with E-state index in [0.717, 1.165) is 12.8 Å². The van der Waals surface area contributed by atoms with E-state index in [1.165, 1.54) is 6.07 Å². The summed E-state index contributed by atoms with van der Waals surface area (Å²) >= 11 is 0. The maximum atomic E-state index is 12.4. The van der Waals surface area contributed by atoms with Crippen molar-refractivity contribution in [3.8, 4) is 0 Å². The number of hydrogen-bond donors (Lipinski definition) is 1. The van der Waals surface area contributed by atoms with Gasteiger partial charge in [-0.3, -0.25) is 19.7 Å². The van der Waals surface area contributed by atoms with E-state index < -0.39 is 5.97 Å². The van der Waals surface area contributed by atoms with E-state index in [9.17, 15) is 19.7 Å². The minimum absolute atomic E-state index is 0.0127. The minimum atomic E-state index is -0.926. The van der Waals surface area contributed by atoms with Crippen LogP contribution in [0, 0.1) is 22.0 Å². The Bertz CT molecular complexity index is 816. The molecule has 1 aromatic rings. The molecule has 0 aromatic heterocycles. The highest BCUT2D eigenvalue weighted by Gasteiger charge is 2.31. The monoisotopic (exact) mass is 447 g/mol. The second kappa shape index (κ2) is 11.3. The van der Waals surface area contributed by atoms with Gasteiger partial charge in [0.2, 0.25) is 5.91 Å². The third-order valence-electron chi connectivity index (χ3n) is 5.96. The third kappa shape index (κ3) is 6.93. The summed E-state index contributed by atoms with van der Waals surface area (Å²) in [4.78, 5) is 39.1. The van der Waals surface area contributed by atoms with Gasteiger partial charge in [0, 0.05) is 38.2 Å². The molecule has 0 aliphatic carbocycles. The molecule has 1 saturated heterocycles. The number of aliphatic carboxylic acids is 1. The van der Waals surface area contributed by atoms with Crippen LogP contribution < -0.4 is 4.90 Å². The maximum absolute atomic E-state index is 12.4. The Hall–Kier alpha value is -2.64. The summed E-state index contributed by atoms with van der Waals surface area (Å²) in [6.07, 6.45) is 2.01. The van der Waals surface area contributed by atoms with Crippen LogP contribution in [0.1, 0.15) is 71.8 Å². The first-order chi connectivity index (χ1) is 15.0. The summed E-state index contributed by atoms with van der Waals surface area (Å²) in [5, 5.41) is 21.0. The van der Waals surface area contributed by atoms with Gasteiger partial charge in [0.1, 0.15) is 5.69 Å². The summed E-state index contributed by atoms with van der Waals surface area (Å²) in [6, 6.07) is 5.22. The Labute approximate surface area is 190 Å². The van der Waals surface area contributed by atoms with Crippen LogP contribution in [0.25, 0.3) is 0 Å². The highest BCUT2D eigenvalue weighted by Crippen LogP contribution is 2.36. The average Bonchev–Trinajstić information content (AvgIpc) is 2.70. The molecule has 8 heteroatoms. The molecule has 0 spiro atoms. The molecule has 0 unspecified atom stereocenters. The number of nitro groups is 1. The lowest BCUT2D eigenvalue weighted by molar-refractivity contribution is -0.384. The van der Waals surface area contributed by atoms with E-state index in [4.69, 9.17) is 5.11 Å². The van der Waals surface area contributed by atoms with Gasteiger partial charge in [0.15, 0.2) is 0 Å². The number of carboxylic acid groups (broad SMARTS) is 1. The zero-order chi connectivity index (χ0) is 24.0. The normalized spacial score (nSPS) is 15.8. The van der Waals surface area contributed by atoms with Crippen molar-refractivity contribution < 1.29 is 19.6 Å². The molecule has 0 radical (unpaired) electrons. The smallest absolute Gasteiger partial charge is 0.303 e. The maximum Gasteiger partial charge on any atom is 0.303 e. The van der Waals surface area contributed by atoms with Crippen molar-refractivity contribution in [2.75, 3.05) is 24.5 Å². The quantitative estimate of drug-likeness (QED) is 0.413. The Morgan fingerprint density at radius 1 is 1.12 bits per heavy atom. The van der Waals surface area contributed by atoms with Crippen LogP contribution in [0.4, 0.5) is 11.4 Å². The molecular weight excluding hydrogens is 410 g/mol. The average molecular weight is 448 g/mol. The number of rotatable bonds is 10. The van der Waals surface area contributed by atoms with E-state index in [0.29, 0.717) is 49.1 Å². The van der Waals surface area contributed by atoms with E-state index in [2.05, 4.69) is 18.7 Å². The molecule has 2 rings (SSSR count). The minimum Gasteiger partial charge on any atom is -0.481 e. The molecule has 1 heterocycles. The van der Waals surface area contributed by atoms with Gasteiger partial charge < -0.3 is 14.9 Å². The van der Waals surface area contributed by atoms with E-state index >= 15 is 0 Å². The molecule has 1 aromatic carbocycles. The first-order valence-corrected chi connectivity index (χ1v) is 11.5. The lowest BCUT2D eigenvalue weighted by Crippen LogP contribution is -2.48. The fraction of sp³-hybridized carbons (Fsp3) is 0.667. The van der Waals surface area contributed by atoms with Crippen LogP contribution in [-0.4, -0.2) is 52.5 Å². The zero-order valence-corrected chi connectivity index (χ0v) is 19.9. The number of nitro benzene ring substituents is 1. The Balaban J connectivity index is 2.28. The molecule has 8 nitrogen and oxygen atoms in total. The first kappa shape index (κ1) is 25.6. The molecule has 0 saturated carbocycles. The summed E-state index contributed by atoms with van der Waals surface area (Å²) in [5.74, 6) is -0.432. The van der Waals surface area contributed by atoms with E-state index in [-0.39, 0.29) is 34.9 Å². The van der Waals surface area contributed by atoms with Crippen LogP contribution in [-0.2, 0) is 9.59 Å². The number of nitrogens with zero attached hydrogens (tertiary/aromatic N) is 3. The van der Waals surface area contributed by atoms with Gasteiger partial charge >= 0.3 is 5.97 Å². The van der Waals surface area contributed by atoms with Crippen LogP contribution in [0.5, 0.6) is 0 Å². The summed E-state index contributed by atoms with van der Waals surface area (Å²) in [6.45, 7) is 12.0. The Kier molecular flexibility index (Phi) is 9.04. The van der Waals surface area contributed by atoms with Crippen LogP contribution >= 0.6 is 0 Å². The number of piperidine rings is 1. The molecule has 1 atom stereocenters. The van der Waals surface area contributed by atoms with Gasteiger partial charge in [-0.2, -0.15) is 0 Å². The number of hydrogen-bond acceptors (Lipinski definition) is 5. The van der Waals surface area contributed by atoms with Crippen molar-refractivity contribution >= 4 is 23.3 Å². The molecule has 32 heavy (non-hydrogen) atoms. The van der Waals surface area contributed by atoms with Gasteiger partial charge in [-0.1, -0.05) is 40.7 Å². The largest absolute Gasteiger partial charge is 0.481 e. The van der Waals surface area contributed by atoms with Gasteiger partial charge in [-0.15, -0.1) is 0 Å². The number of anilines is 1. The molecule has 178 valence electrons. The van der Waals surface area contributed by atoms with Crippen molar-refractivity contribution in [3.05, 3.63) is 33.9 Å². The fourth-order valence-corrected chi connectivity index (χ4v) is 4.36. The summed E-state index contributed by atoms with van der Waals surface area (Å²) in [7, 11) is 0. The van der Waals surface area contributed by atoms with Crippen molar-refractivity contribution in [1.29, 1.82) is 0 Å². The summed E-state index contributed by atoms with van der Waals surface area (Å²) in [5.41, 5.74) is 1.24. The zero-order valence-electron chi connectivity index (χ0n) is 19.9. The van der Waals surface area contributed by atoms with Crippen molar-refractivity contribution in [3.63, 3.8) is 0 Å². The number of carboxylic acids is 1. The van der Waals surface area contributed by atoms with Crippen LogP contribution in [0.15, 0.2) is 18.2 Å². The molecule has 1 aliphatic heterocycles. The number of carbonyl (C=O) groups is 2. The SMILES string of the molecule is CC(C)CC(=O)N1CCC(N(CC(C)C)c2ccc([C@H](C)CC(=O)O)cc2[N+](=O)[O-])CC1. The number of likely N-dealkylation sites (tertiary alicyclic amines) is 1. The van der Waals surface area contributed by atoms with Crippen molar-refractivity contribution in [2.24, 2.45) is 11.8 Å². The number of benzene rings is 1. The van der Waals surface area contributed by atoms with Crippen LogP contribution in [0.2, 0.25) is 0 Å². The second-order valence-corrected chi connectivity index (χ2v) is 9.76. The molecule has 1 amide bonds. The highest BCUT2D eigenvalue weighted by atomic mass is 16.6. The Morgan fingerprint density at radius 3 is 2.25 bits per heavy atom. The molecule has 1 aliphatic rings. The molecule has 0 bridgehead atoms. The Morgan fingerprint density at radius 2 is 1.75 bits per heavy atom. The molecule has 1 fully saturated rings. The first-order valence-electron chi connectivity index (χ1n) is 11.5. The van der Waals surface area contributed by atoms with Gasteiger partial charge in [0.05, 0.1) is 11.3 Å². The predicted octanol–water partition coefficient (Wildman–Crippen LogP) is 4.67. The third-order valence-corrected chi connectivity index (χ3v) is 5.96. The van der Waals surface area contributed by atoms with Gasteiger partial charge in [-0.25, -0.2) is 0 Å².